The number of rotatable bonds is 5. The second kappa shape index (κ2) is 10.6. The average molecular weight is 537 g/mol. The zero-order valence-corrected chi connectivity index (χ0v) is 22.7. The van der Waals surface area contributed by atoms with Crippen LogP contribution in [0.3, 0.4) is 0 Å². The third-order valence-electron chi connectivity index (χ3n) is 9.02. The number of anilines is 2. The lowest BCUT2D eigenvalue weighted by Gasteiger charge is -2.44. The van der Waals surface area contributed by atoms with Crippen LogP contribution in [0.5, 0.6) is 0 Å². The number of nitrogens with one attached hydrogen (secondary N) is 5. The van der Waals surface area contributed by atoms with E-state index in [-0.39, 0.29) is 5.91 Å². The van der Waals surface area contributed by atoms with Crippen LogP contribution in [0.15, 0.2) is 60.8 Å². The molecule has 3 fully saturated rings. The highest BCUT2D eigenvalue weighted by Gasteiger charge is 2.37. The predicted octanol–water partition coefficient (Wildman–Crippen LogP) is 4.17. The lowest BCUT2D eigenvalue weighted by Crippen LogP contribution is -2.47. The molecule has 0 bridgehead atoms. The molecule has 3 saturated heterocycles. The van der Waals surface area contributed by atoms with Crippen LogP contribution in [0.1, 0.15) is 47.7 Å². The third kappa shape index (κ3) is 5.08. The molecule has 2 aromatic heterocycles. The summed E-state index contributed by atoms with van der Waals surface area (Å²) in [5.41, 5.74) is 11.6. The summed E-state index contributed by atoms with van der Waals surface area (Å²) in [5, 5.41) is 7.89. The number of carbonyl (C=O) groups is 1. The van der Waals surface area contributed by atoms with Gasteiger partial charge in [-0.2, -0.15) is 0 Å². The average Bonchev–Trinajstić information content (AvgIpc) is 3.69. The smallest absolute Gasteiger partial charge is 0.270 e. The van der Waals surface area contributed by atoms with Crippen LogP contribution < -0.4 is 21.5 Å². The molecule has 1 amide bonds. The Morgan fingerprint density at radius 2 is 1.70 bits per heavy atom. The Hall–Kier alpha value is -3.79. The van der Waals surface area contributed by atoms with Gasteiger partial charge in [-0.25, -0.2) is 9.97 Å². The fourth-order valence-corrected chi connectivity index (χ4v) is 6.45. The Morgan fingerprint density at radius 1 is 0.925 bits per heavy atom. The number of aromatic nitrogens is 3. The summed E-state index contributed by atoms with van der Waals surface area (Å²) in [7, 11) is 0. The van der Waals surface area contributed by atoms with Crippen LogP contribution in [0, 0.1) is 5.41 Å². The van der Waals surface area contributed by atoms with E-state index in [1.54, 1.807) is 6.20 Å². The molecule has 9 heteroatoms. The number of piperidine rings is 2. The zero-order valence-electron chi connectivity index (χ0n) is 22.7. The van der Waals surface area contributed by atoms with E-state index in [2.05, 4.69) is 55.7 Å². The number of amides is 1. The summed E-state index contributed by atoms with van der Waals surface area (Å²) >= 11 is 0. The van der Waals surface area contributed by atoms with Gasteiger partial charge in [-0.05, 0) is 80.1 Å². The fourth-order valence-electron chi connectivity index (χ4n) is 6.45. The Morgan fingerprint density at radius 3 is 2.48 bits per heavy atom. The van der Waals surface area contributed by atoms with Crippen LogP contribution in [-0.4, -0.2) is 65.0 Å². The highest BCUT2D eigenvalue weighted by Crippen LogP contribution is 2.39. The topological polar surface area (TPSA) is 110 Å². The van der Waals surface area contributed by atoms with Crippen molar-refractivity contribution in [1.82, 2.24) is 36.0 Å². The molecule has 2 aromatic carbocycles. The molecule has 9 nitrogen and oxygen atoms in total. The highest BCUT2D eigenvalue weighted by atomic mass is 16.2. The standard InChI is InChI=1S/C31H36N8O/c40-30(39-15-10-31(11-16-39)8-13-32-14-9-31)27-17-22-1-2-23(18-26(22)37-27)29-33-12-7-28(38-29)36-25-5-3-21(4-6-25)24-19-34-35-20-24/h1-7,12,17-18,24,32,34-35,37H,8-11,13-16,19-20H2,(H,33,36,38). The van der Waals surface area contributed by atoms with Gasteiger partial charge in [0.15, 0.2) is 5.82 Å². The number of H-pyrrole nitrogens is 1. The first kappa shape index (κ1) is 25.2. The first-order valence-electron chi connectivity index (χ1n) is 14.4. The van der Waals surface area contributed by atoms with E-state index in [4.69, 9.17) is 4.98 Å². The van der Waals surface area contributed by atoms with Gasteiger partial charge >= 0.3 is 0 Å². The van der Waals surface area contributed by atoms with Gasteiger partial charge in [-0.3, -0.25) is 15.6 Å². The van der Waals surface area contributed by atoms with Crippen LogP contribution in [-0.2, 0) is 0 Å². The number of aromatic amines is 1. The minimum absolute atomic E-state index is 0.0930. The predicted molar refractivity (Wildman–Crippen MR) is 157 cm³/mol. The van der Waals surface area contributed by atoms with E-state index in [1.165, 1.54) is 18.4 Å². The Labute approximate surface area is 234 Å². The van der Waals surface area contributed by atoms with Gasteiger partial charge in [0.25, 0.3) is 5.91 Å². The summed E-state index contributed by atoms with van der Waals surface area (Å²) in [4.78, 5) is 28.0. The summed E-state index contributed by atoms with van der Waals surface area (Å²) in [6.07, 6.45) is 6.43. The minimum atomic E-state index is 0.0930. The number of hydrazine groups is 1. The van der Waals surface area contributed by atoms with Crippen LogP contribution in [0.4, 0.5) is 11.5 Å². The van der Waals surface area contributed by atoms with Gasteiger partial charge in [-0.15, -0.1) is 0 Å². The molecule has 7 rings (SSSR count). The molecular formula is C31H36N8O. The molecule has 0 aliphatic carbocycles. The first-order valence-corrected chi connectivity index (χ1v) is 14.4. The number of hydrogen-bond acceptors (Lipinski definition) is 7. The molecular weight excluding hydrogens is 500 g/mol. The summed E-state index contributed by atoms with van der Waals surface area (Å²) in [6, 6.07) is 18.4. The van der Waals surface area contributed by atoms with Gasteiger partial charge < -0.3 is 20.5 Å². The van der Waals surface area contributed by atoms with Gasteiger partial charge in [0.05, 0.1) is 0 Å². The molecule has 0 radical (unpaired) electrons. The van der Waals surface area contributed by atoms with Crippen molar-refractivity contribution in [3.8, 4) is 11.4 Å². The van der Waals surface area contributed by atoms with E-state index in [9.17, 15) is 4.79 Å². The number of benzene rings is 2. The van der Waals surface area contributed by atoms with E-state index < -0.39 is 0 Å². The first-order chi connectivity index (χ1) is 19.6. The third-order valence-corrected chi connectivity index (χ3v) is 9.02. The quantitative estimate of drug-likeness (QED) is 0.261. The summed E-state index contributed by atoms with van der Waals surface area (Å²) in [5.74, 6) is 1.96. The van der Waals surface area contributed by atoms with E-state index in [0.29, 0.717) is 22.9 Å². The monoisotopic (exact) mass is 536 g/mol. The van der Waals surface area contributed by atoms with Crippen molar-refractivity contribution in [2.45, 2.75) is 31.6 Å². The number of carbonyl (C=O) groups excluding carboxylic acids is 1. The molecule has 3 aliphatic heterocycles. The molecule has 5 heterocycles. The van der Waals surface area contributed by atoms with E-state index >= 15 is 0 Å². The van der Waals surface area contributed by atoms with Crippen molar-refractivity contribution >= 4 is 28.3 Å². The van der Waals surface area contributed by atoms with Crippen molar-refractivity contribution < 1.29 is 4.79 Å². The Bertz CT molecular complexity index is 1490. The molecule has 1 spiro atoms. The van der Waals surface area contributed by atoms with Crippen molar-refractivity contribution in [3.05, 3.63) is 72.1 Å². The molecule has 0 saturated carbocycles. The van der Waals surface area contributed by atoms with E-state index in [1.807, 2.05) is 35.2 Å². The maximum atomic E-state index is 13.4. The largest absolute Gasteiger partial charge is 0.351 e. The maximum absolute atomic E-state index is 13.4. The van der Waals surface area contributed by atoms with Crippen molar-refractivity contribution in [3.63, 3.8) is 0 Å². The van der Waals surface area contributed by atoms with Gasteiger partial charge in [0.1, 0.15) is 11.5 Å². The fraction of sp³-hybridized carbons (Fsp3) is 0.387. The Balaban J connectivity index is 1.04. The number of nitrogens with zero attached hydrogens (tertiary/aromatic N) is 3. The summed E-state index contributed by atoms with van der Waals surface area (Å²) in [6.45, 7) is 5.77. The van der Waals surface area contributed by atoms with Gasteiger partial charge in [0, 0.05) is 60.4 Å². The van der Waals surface area contributed by atoms with Gasteiger partial charge in [0.2, 0.25) is 0 Å². The zero-order chi connectivity index (χ0) is 26.9. The van der Waals surface area contributed by atoms with E-state index in [0.717, 1.165) is 80.1 Å². The van der Waals surface area contributed by atoms with Crippen LogP contribution in [0.25, 0.3) is 22.3 Å². The molecule has 3 aliphatic rings. The lowest BCUT2D eigenvalue weighted by molar-refractivity contribution is 0.0491. The van der Waals surface area contributed by atoms with Crippen molar-refractivity contribution in [2.75, 3.05) is 44.6 Å². The molecule has 0 unspecified atom stereocenters. The van der Waals surface area contributed by atoms with Crippen molar-refractivity contribution in [1.29, 1.82) is 0 Å². The summed E-state index contributed by atoms with van der Waals surface area (Å²) < 4.78 is 0. The lowest BCUT2D eigenvalue weighted by atomic mass is 9.71. The van der Waals surface area contributed by atoms with Crippen LogP contribution in [0.2, 0.25) is 0 Å². The SMILES string of the molecule is O=C(c1cc2ccc(-c3nccc(Nc4ccc(C5CNNC5)cc4)n3)cc2[nH]1)N1CCC2(CCNCC2)CC1. The normalized spacial score (nSPS) is 19.4. The number of fused-ring (bicyclic) bond motifs is 1. The molecule has 5 N–H and O–H groups in total. The maximum Gasteiger partial charge on any atom is 0.270 e. The second-order valence-electron chi connectivity index (χ2n) is 11.5. The molecule has 0 atom stereocenters. The number of hydrogen-bond donors (Lipinski definition) is 5. The van der Waals surface area contributed by atoms with Crippen LogP contribution >= 0.6 is 0 Å². The molecule has 4 aromatic rings. The Kier molecular flexibility index (Phi) is 6.71. The highest BCUT2D eigenvalue weighted by molar-refractivity contribution is 5.98. The second-order valence-corrected chi connectivity index (χ2v) is 11.5. The number of likely N-dealkylation sites (tertiary alicyclic amines) is 1. The minimum Gasteiger partial charge on any atom is -0.351 e. The van der Waals surface area contributed by atoms with Crippen molar-refractivity contribution in [2.24, 2.45) is 5.41 Å². The molecule has 40 heavy (non-hydrogen) atoms. The van der Waals surface area contributed by atoms with Gasteiger partial charge in [-0.1, -0.05) is 24.3 Å². The molecule has 206 valence electrons.